The van der Waals surface area contributed by atoms with Crippen molar-refractivity contribution in [1.29, 1.82) is 0 Å². The molecule has 0 saturated carbocycles. The Kier molecular flexibility index (Phi) is 5.51. The summed E-state index contributed by atoms with van der Waals surface area (Å²) in [6, 6.07) is 10.2. The molecule has 2 aromatic rings. The molecule has 0 fully saturated rings. The lowest BCUT2D eigenvalue weighted by molar-refractivity contribution is -0.119. The van der Waals surface area contributed by atoms with Crippen molar-refractivity contribution in [2.75, 3.05) is 0 Å². The fourth-order valence-electron chi connectivity index (χ4n) is 1.88. The zero-order valence-corrected chi connectivity index (χ0v) is 13.3. The molecule has 0 aliphatic heterocycles. The molecular formula is C15H15ClN2O3S. The van der Waals surface area contributed by atoms with Crippen LogP contribution >= 0.6 is 11.6 Å². The van der Waals surface area contributed by atoms with Crippen LogP contribution in [-0.2, 0) is 27.0 Å². The number of hydrogen-bond acceptors (Lipinski definition) is 4. The number of aryl methyl sites for hydroxylation is 1. The van der Waals surface area contributed by atoms with E-state index in [9.17, 15) is 13.2 Å². The van der Waals surface area contributed by atoms with Gasteiger partial charge in [0.2, 0.25) is 15.9 Å². The van der Waals surface area contributed by atoms with Gasteiger partial charge in [0.25, 0.3) is 0 Å². The number of benzene rings is 1. The molecule has 2 rings (SSSR count). The number of amides is 1. The number of carbonyl (C=O) groups excluding carboxylic acids is 1. The van der Waals surface area contributed by atoms with Gasteiger partial charge in [-0.1, -0.05) is 35.9 Å². The van der Waals surface area contributed by atoms with Gasteiger partial charge < -0.3 is 0 Å². The van der Waals surface area contributed by atoms with Crippen LogP contribution in [0.15, 0.2) is 48.8 Å². The first-order valence-corrected chi connectivity index (χ1v) is 8.65. The molecule has 116 valence electrons. The Labute approximate surface area is 134 Å². The Balaban J connectivity index is 1.91. The maximum absolute atomic E-state index is 12.0. The number of sulfonamides is 1. The summed E-state index contributed by atoms with van der Waals surface area (Å²) >= 11 is 5.92. The van der Waals surface area contributed by atoms with Crippen molar-refractivity contribution in [3.63, 3.8) is 0 Å². The van der Waals surface area contributed by atoms with E-state index in [0.717, 1.165) is 5.56 Å². The van der Waals surface area contributed by atoms with Crippen molar-refractivity contribution in [3.05, 3.63) is 64.9 Å². The third-order valence-corrected chi connectivity index (χ3v) is 4.53. The van der Waals surface area contributed by atoms with Crippen molar-refractivity contribution in [2.45, 2.75) is 18.6 Å². The second kappa shape index (κ2) is 7.38. The predicted octanol–water partition coefficient (Wildman–Crippen LogP) is 2.31. The monoisotopic (exact) mass is 338 g/mol. The summed E-state index contributed by atoms with van der Waals surface area (Å²) in [7, 11) is -3.76. The molecule has 0 aliphatic carbocycles. The molecule has 0 unspecified atom stereocenters. The zero-order valence-electron chi connectivity index (χ0n) is 11.7. The Morgan fingerprint density at radius 3 is 2.64 bits per heavy atom. The number of nitrogens with zero attached hydrogens (tertiary/aromatic N) is 1. The summed E-state index contributed by atoms with van der Waals surface area (Å²) in [5.41, 5.74) is 1.33. The van der Waals surface area contributed by atoms with Gasteiger partial charge in [-0.25, -0.2) is 8.42 Å². The number of aromatic nitrogens is 1. The molecule has 0 bridgehead atoms. The van der Waals surface area contributed by atoms with Gasteiger partial charge in [0, 0.05) is 23.8 Å². The summed E-state index contributed by atoms with van der Waals surface area (Å²) in [6.45, 7) is 0. The lowest BCUT2D eigenvalue weighted by Gasteiger charge is -2.08. The highest BCUT2D eigenvalue weighted by atomic mass is 35.5. The number of hydrogen-bond donors (Lipinski definition) is 1. The summed E-state index contributed by atoms with van der Waals surface area (Å²) in [5.74, 6) is -0.874. The highest BCUT2D eigenvalue weighted by Crippen LogP contribution is 2.17. The second-order valence-electron chi connectivity index (χ2n) is 4.74. The molecule has 0 saturated heterocycles. The molecule has 0 atom stereocenters. The van der Waals surface area contributed by atoms with E-state index in [-0.39, 0.29) is 12.2 Å². The van der Waals surface area contributed by atoms with Crippen LogP contribution in [0.1, 0.15) is 17.5 Å². The number of halogens is 1. The molecule has 1 aromatic carbocycles. The van der Waals surface area contributed by atoms with Crippen molar-refractivity contribution in [1.82, 2.24) is 9.71 Å². The highest BCUT2D eigenvalue weighted by molar-refractivity contribution is 7.89. The molecule has 0 spiro atoms. The standard InChI is InChI=1S/C15H15ClN2O3S/c16-14-6-2-1-5-13(14)11-22(20,21)18-15(19)8-7-12-4-3-9-17-10-12/h1-6,9-10H,7-8,11H2,(H,18,19). The molecular weight excluding hydrogens is 324 g/mol. The average molecular weight is 339 g/mol. The van der Waals surface area contributed by atoms with Gasteiger partial charge in [-0.2, -0.15) is 0 Å². The molecule has 0 aliphatic rings. The summed E-state index contributed by atoms with van der Waals surface area (Å²) in [5, 5.41) is 0.357. The molecule has 1 N–H and O–H groups in total. The van der Waals surface area contributed by atoms with Gasteiger partial charge in [0.05, 0.1) is 5.75 Å². The third kappa shape index (κ3) is 5.13. The molecule has 0 radical (unpaired) electrons. The Hall–Kier alpha value is -1.92. The first kappa shape index (κ1) is 16.5. The van der Waals surface area contributed by atoms with Crippen LogP contribution in [0.4, 0.5) is 0 Å². The third-order valence-electron chi connectivity index (χ3n) is 2.94. The van der Waals surface area contributed by atoms with Gasteiger partial charge in [0.1, 0.15) is 0 Å². The first-order valence-electron chi connectivity index (χ1n) is 6.62. The number of pyridine rings is 1. The SMILES string of the molecule is O=C(CCc1cccnc1)NS(=O)(=O)Cc1ccccc1Cl. The summed E-state index contributed by atoms with van der Waals surface area (Å²) in [6.07, 6.45) is 3.79. The van der Waals surface area contributed by atoms with Crippen LogP contribution in [0.25, 0.3) is 0 Å². The number of nitrogens with one attached hydrogen (secondary N) is 1. The molecule has 22 heavy (non-hydrogen) atoms. The van der Waals surface area contributed by atoms with Crippen LogP contribution in [0.2, 0.25) is 5.02 Å². The Morgan fingerprint density at radius 1 is 1.18 bits per heavy atom. The fourth-order valence-corrected chi connectivity index (χ4v) is 3.35. The van der Waals surface area contributed by atoms with E-state index >= 15 is 0 Å². The minimum absolute atomic E-state index is 0.0768. The van der Waals surface area contributed by atoms with Gasteiger partial charge in [-0.3, -0.25) is 14.5 Å². The smallest absolute Gasteiger partial charge is 0.239 e. The molecule has 1 heterocycles. The Bertz CT molecular complexity index is 748. The van der Waals surface area contributed by atoms with Crippen LogP contribution in [0, 0.1) is 0 Å². The molecule has 7 heteroatoms. The van der Waals surface area contributed by atoms with Crippen LogP contribution in [-0.4, -0.2) is 19.3 Å². The van der Waals surface area contributed by atoms with Crippen LogP contribution < -0.4 is 4.72 Å². The normalized spacial score (nSPS) is 11.1. The summed E-state index contributed by atoms with van der Waals surface area (Å²) in [4.78, 5) is 15.7. The van der Waals surface area contributed by atoms with Crippen molar-refractivity contribution in [3.8, 4) is 0 Å². The highest BCUT2D eigenvalue weighted by Gasteiger charge is 2.16. The molecule has 1 aromatic heterocycles. The summed E-state index contributed by atoms with van der Waals surface area (Å²) < 4.78 is 26.0. The lowest BCUT2D eigenvalue weighted by Crippen LogP contribution is -2.31. The van der Waals surface area contributed by atoms with Crippen molar-refractivity contribution >= 4 is 27.5 Å². The van der Waals surface area contributed by atoms with E-state index in [4.69, 9.17) is 11.6 Å². The minimum Gasteiger partial charge on any atom is -0.274 e. The van der Waals surface area contributed by atoms with E-state index in [0.29, 0.717) is 17.0 Å². The van der Waals surface area contributed by atoms with E-state index < -0.39 is 15.9 Å². The van der Waals surface area contributed by atoms with Gasteiger partial charge in [0.15, 0.2) is 0 Å². The van der Waals surface area contributed by atoms with Crippen LogP contribution in [0.5, 0.6) is 0 Å². The Morgan fingerprint density at radius 2 is 1.95 bits per heavy atom. The van der Waals surface area contributed by atoms with E-state index in [1.165, 1.54) is 0 Å². The lowest BCUT2D eigenvalue weighted by atomic mass is 10.1. The quantitative estimate of drug-likeness (QED) is 0.877. The van der Waals surface area contributed by atoms with Gasteiger partial charge >= 0.3 is 0 Å². The van der Waals surface area contributed by atoms with Crippen LogP contribution in [0.3, 0.4) is 0 Å². The number of rotatable bonds is 6. The van der Waals surface area contributed by atoms with Gasteiger partial charge in [-0.15, -0.1) is 0 Å². The fraction of sp³-hybridized carbons (Fsp3) is 0.200. The maximum Gasteiger partial charge on any atom is 0.239 e. The minimum atomic E-state index is -3.76. The maximum atomic E-state index is 12.0. The average Bonchev–Trinajstić information content (AvgIpc) is 2.48. The predicted molar refractivity (Wildman–Crippen MR) is 84.8 cm³/mol. The number of carbonyl (C=O) groups is 1. The topological polar surface area (TPSA) is 76.1 Å². The van der Waals surface area contributed by atoms with E-state index in [1.807, 2.05) is 6.07 Å². The van der Waals surface area contributed by atoms with E-state index in [1.54, 1.807) is 42.7 Å². The molecule has 1 amide bonds. The second-order valence-corrected chi connectivity index (χ2v) is 6.87. The van der Waals surface area contributed by atoms with Gasteiger partial charge in [-0.05, 0) is 29.7 Å². The zero-order chi connectivity index (χ0) is 16.0. The first-order chi connectivity index (χ1) is 10.5. The largest absolute Gasteiger partial charge is 0.274 e. The van der Waals surface area contributed by atoms with E-state index in [2.05, 4.69) is 9.71 Å². The van der Waals surface area contributed by atoms with Crippen molar-refractivity contribution < 1.29 is 13.2 Å². The molecule has 5 nitrogen and oxygen atoms in total. The van der Waals surface area contributed by atoms with Crippen molar-refractivity contribution in [2.24, 2.45) is 0 Å².